The normalized spacial score (nSPS) is 11.5. The standard InChI is InChI=1S/C17H21N3O2/c1-2-15(22-16-8-4-3-5-9-16)13-20-17(21)19-12-14-7-6-10-18-11-14/h3-11,15H,2,12-13H2,1H3,(H2,19,20,21). The summed E-state index contributed by atoms with van der Waals surface area (Å²) < 4.78 is 5.82. The fourth-order valence-electron chi connectivity index (χ4n) is 1.91. The number of carbonyl (C=O) groups excluding carboxylic acids is 1. The van der Waals surface area contributed by atoms with Gasteiger partial charge in [0.1, 0.15) is 11.9 Å². The summed E-state index contributed by atoms with van der Waals surface area (Å²) in [5.74, 6) is 0.812. The number of nitrogens with one attached hydrogen (secondary N) is 2. The number of nitrogens with zero attached hydrogens (tertiary/aromatic N) is 1. The van der Waals surface area contributed by atoms with Crippen molar-refractivity contribution in [2.45, 2.75) is 26.0 Å². The fourth-order valence-corrected chi connectivity index (χ4v) is 1.91. The molecule has 1 atom stereocenters. The minimum atomic E-state index is -0.209. The maximum Gasteiger partial charge on any atom is 0.315 e. The highest BCUT2D eigenvalue weighted by Gasteiger charge is 2.10. The van der Waals surface area contributed by atoms with Crippen molar-refractivity contribution < 1.29 is 9.53 Å². The molecule has 2 rings (SSSR count). The highest BCUT2D eigenvalue weighted by atomic mass is 16.5. The lowest BCUT2D eigenvalue weighted by molar-refractivity contribution is 0.189. The first-order valence-electron chi connectivity index (χ1n) is 7.40. The average molecular weight is 299 g/mol. The van der Waals surface area contributed by atoms with Crippen LogP contribution >= 0.6 is 0 Å². The molecule has 5 heteroatoms. The van der Waals surface area contributed by atoms with E-state index in [-0.39, 0.29) is 12.1 Å². The van der Waals surface area contributed by atoms with Crippen LogP contribution in [0.2, 0.25) is 0 Å². The smallest absolute Gasteiger partial charge is 0.315 e. The maximum atomic E-state index is 11.8. The van der Waals surface area contributed by atoms with Crippen LogP contribution in [0, 0.1) is 0 Å². The highest BCUT2D eigenvalue weighted by Crippen LogP contribution is 2.11. The number of aromatic nitrogens is 1. The Balaban J connectivity index is 1.72. The summed E-state index contributed by atoms with van der Waals surface area (Å²) in [6.45, 7) is 2.95. The van der Waals surface area contributed by atoms with E-state index in [0.717, 1.165) is 17.7 Å². The molecule has 1 heterocycles. The molecule has 0 radical (unpaired) electrons. The molecule has 0 spiro atoms. The van der Waals surface area contributed by atoms with Crippen molar-refractivity contribution in [2.75, 3.05) is 6.54 Å². The van der Waals surface area contributed by atoms with Gasteiger partial charge in [0.05, 0.1) is 6.54 Å². The molecule has 5 nitrogen and oxygen atoms in total. The molecule has 1 aromatic heterocycles. The molecular weight excluding hydrogens is 278 g/mol. The van der Waals surface area contributed by atoms with Crippen molar-refractivity contribution >= 4 is 6.03 Å². The van der Waals surface area contributed by atoms with Gasteiger partial charge in [0.2, 0.25) is 0 Å². The summed E-state index contributed by atoms with van der Waals surface area (Å²) in [5, 5.41) is 5.63. The van der Waals surface area contributed by atoms with Gasteiger partial charge in [-0.15, -0.1) is 0 Å². The Kier molecular flexibility index (Phi) is 6.23. The van der Waals surface area contributed by atoms with Crippen LogP contribution in [0.1, 0.15) is 18.9 Å². The minimum Gasteiger partial charge on any atom is -0.489 e. The van der Waals surface area contributed by atoms with E-state index in [2.05, 4.69) is 15.6 Å². The van der Waals surface area contributed by atoms with Gasteiger partial charge >= 0.3 is 6.03 Å². The van der Waals surface area contributed by atoms with Crippen molar-refractivity contribution in [1.82, 2.24) is 15.6 Å². The quantitative estimate of drug-likeness (QED) is 0.826. The van der Waals surface area contributed by atoms with Gasteiger partial charge in [-0.25, -0.2) is 4.79 Å². The third-order valence-corrected chi connectivity index (χ3v) is 3.17. The van der Waals surface area contributed by atoms with Crippen molar-refractivity contribution in [3.8, 4) is 5.75 Å². The van der Waals surface area contributed by atoms with Crippen molar-refractivity contribution in [3.05, 3.63) is 60.4 Å². The summed E-state index contributed by atoms with van der Waals surface area (Å²) in [6.07, 6.45) is 4.20. The van der Waals surface area contributed by atoms with Crippen molar-refractivity contribution in [3.63, 3.8) is 0 Å². The predicted octanol–water partition coefficient (Wildman–Crippen LogP) is 2.74. The van der Waals surface area contributed by atoms with Gasteiger partial charge in [-0.05, 0) is 30.2 Å². The van der Waals surface area contributed by atoms with E-state index in [4.69, 9.17) is 4.74 Å². The van der Waals surface area contributed by atoms with Gasteiger partial charge < -0.3 is 15.4 Å². The molecule has 1 aromatic carbocycles. The van der Waals surface area contributed by atoms with E-state index < -0.39 is 0 Å². The third-order valence-electron chi connectivity index (χ3n) is 3.17. The Morgan fingerprint density at radius 2 is 2.00 bits per heavy atom. The molecule has 2 amide bonds. The number of rotatable bonds is 7. The molecule has 0 aliphatic carbocycles. The summed E-state index contributed by atoms with van der Waals surface area (Å²) in [7, 11) is 0. The molecule has 116 valence electrons. The predicted molar refractivity (Wildman–Crippen MR) is 85.6 cm³/mol. The van der Waals surface area contributed by atoms with Crippen molar-refractivity contribution in [2.24, 2.45) is 0 Å². The number of amides is 2. The fraction of sp³-hybridized carbons (Fsp3) is 0.294. The first-order chi connectivity index (χ1) is 10.8. The topological polar surface area (TPSA) is 63.2 Å². The largest absolute Gasteiger partial charge is 0.489 e. The Hall–Kier alpha value is -2.56. The van der Waals surface area contributed by atoms with Crippen LogP contribution in [0.25, 0.3) is 0 Å². The molecule has 0 saturated carbocycles. The first kappa shape index (κ1) is 15.8. The molecule has 2 aromatic rings. The number of urea groups is 1. The average Bonchev–Trinajstić information content (AvgIpc) is 2.58. The van der Waals surface area contributed by atoms with Crippen LogP contribution in [0.4, 0.5) is 4.79 Å². The lowest BCUT2D eigenvalue weighted by Crippen LogP contribution is -2.40. The Morgan fingerprint density at radius 3 is 2.68 bits per heavy atom. The SMILES string of the molecule is CCC(CNC(=O)NCc1cccnc1)Oc1ccccc1. The second-order valence-electron chi connectivity index (χ2n) is 4.89. The van der Waals surface area contributed by atoms with Crippen LogP contribution in [-0.2, 0) is 6.54 Å². The summed E-state index contributed by atoms with van der Waals surface area (Å²) in [4.78, 5) is 15.8. The van der Waals surface area contributed by atoms with Crippen LogP contribution in [0.15, 0.2) is 54.9 Å². The molecule has 1 unspecified atom stereocenters. The third kappa shape index (κ3) is 5.44. The van der Waals surface area contributed by atoms with Crippen LogP contribution < -0.4 is 15.4 Å². The minimum absolute atomic E-state index is 0.0495. The Bertz CT molecular complexity index is 561. The molecule has 22 heavy (non-hydrogen) atoms. The van der Waals surface area contributed by atoms with Crippen molar-refractivity contribution in [1.29, 1.82) is 0 Å². The Morgan fingerprint density at radius 1 is 1.18 bits per heavy atom. The lowest BCUT2D eigenvalue weighted by Gasteiger charge is -2.18. The lowest BCUT2D eigenvalue weighted by atomic mass is 10.2. The van der Waals surface area contributed by atoms with Crippen LogP contribution in [0.3, 0.4) is 0 Å². The van der Waals surface area contributed by atoms with Gasteiger partial charge in [-0.3, -0.25) is 4.98 Å². The number of benzene rings is 1. The van der Waals surface area contributed by atoms with Gasteiger partial charge in [0, 0.05) is 18.9 Å². The van der Waals surface area contributed by atoms with E-state index in [9.17, 15) is 4.79 Å². The van der Waals surface area contributed by atoms with Gasteiger partial charge in [-0.1, -0.05) is 31.2 Å². The van der Waals surface area contributed by atoms with Crippen LogP contribution in [-0.4, -0.2) is 23.7 Å². The number of pyridine rings is 1. The molecular formula is C17H21N3O2. The zero-order valence-corrected chi connectivity index (χ0v) is 12.7. The zero-order chi connectivity index (χ0) is 15.6. The monoisotopic (exact) mass is 299 g/mol. The number of carbonyl (C=O) groups is 1. The number of hydrogen-bond acceptors (Lipinski definition) is 3. The number of para-hydroxylation sites is 1. The molecule has 0 aliphatic rings. The van der Waals surface area contributed by atoms with E-state index >= 15 is 0 Å². The van der Waals surface area contributed by atoms with E-state index in [0.29, 0.717) is 13.1 Å². The first-order valence-corrected chi connectivity index (χ1v) is 7.40. The second kappa shape index (κ2) is 8.67. The number of ether oxygens (including phenoxy) is 1. The van der Waals surface area contributed by atoms with E-state index in [1.807, 2.05) is 49.4 Å². The zero-order valence-electron chi connectivity index (χ0n) is 12.7. The second-order valence-corrected chi connectivity index (χ2v) is 4.89. The summed E-state index contributed by atoms with van der Waals surface area (Å²) in [6, 6.07) is 13.2. The maximum absolute atomic E-state index is 11.8. The van der Waals surface area contributed by atoms with Crippen LogP contribution in [0.5, 0.6) is 5.75 Å². The molecule has 0 fully saturated rings. The Labute approximate surface area is 130 Å². The van der Waals surface area contributed by atoms with Gasteiger partial charge in [0.15, 0.2) is 0 Å². The molecule has 0 saturated heterocycles. The summed E-state index contributed by atoms with van der Waals surface area (Å²) in [5.41, 5.74) is 0.963. The number of hydrogen-bond donors (Lipinski definition) is 2. The molecule has 0 bridgehead atoms. The van der Waals surface area contributed by atoms with E-state index in [1.165, 1.54) is 0 Å². The summed E-state index contributed by atoms with van der Waals surface area (Å²) >= 11 is 0. The molecule has 0 aliphatic heterocycles. The van der Waals surface area contributed by atoms with Gasteiger partial charge in [-0.2, -0.15) is 0 Å². The molecule has 2 N–H and O–H groups in total. The highest BCUT2D eigenvalue weighted by molar-refractivity contribution is 5.73. The van der Waals surface area contributed by atoms with Gasteiger partial charge in [0.25, 0.3) is 0 Å². The van der Waals surface area contributed by atoms with E-state index in [1.54, 1.807) is 12.4 Å².